The Morgan fingerprint density at radius 1 is 1.32 bits per heavy atom. The van der Waals surface area contributed by atoms with Crippen molar-refractivity contribution in [3.8, 4) is 11.3 Å². The molecule has 0 amide bonds. The quantitative estimate of drug-likeness (QED) is 0.916. The molecule has 1 fully saturated rings. The van der Waals surface area contributed by atoms with Gasteiger partial charge in [-0.3, -0.25) is 4.98 Å². The summed E-state index contributed by atoms with van der Waals surface area (Å²) < 4.78 is 2.27. The predicted octanol–water partition coefficient (Wildman–Crippen LogP) is 2.33. The van der Waals surface area contributed by atoms with Gasteiger partial charge >= 0.3 is 0 Å². The topological polar surface area (TPSA) is 42.7 Å². The zero-order valence-corrected chi connectivity index (χ0v) is 11.3. The Balaban J connectivity index is 1.84. The fourth-order valence-corrected chi connectivity index (χ4v) is 2.87. The fraction of sp³-hybridized carbons (Fsp3) is 0.467. The number of piperidine rings is 1. The molecule has 0 bridgehead atoms. The number of aromatic nitrogens is 3. The average Bonchev–Trinajstić information content (AvgIpc) is 2.88. The third-order valence-electron chi connectivity index (χ3n) is 3.93. The van der Waals surface area contributed by atoms with Crippen LogP contribution in [0.2, 0.25) is 0 Å². The number of nitrogens with one attached hydrogen (secondary N) is 1. The van der Waals surface area contributed by atoms with Crippen LogP contribution in [0.4, 0.5) is 0 Å². The number of rotatable bonds is 3. The summed E-state index contributed by atoms with van der Waals surface area (Å²) in [4.78, 5) is 8.39. The first kappa shape index (κ1) is 12.4. The summed E-state index contributed by atoms with van der Waals surface area (Å²) in [6.45, 7) is 5.60. The number of hydrogen-bond donors (Lipinski definition) is 1. The lowest BCUT2D eigenvalue weighted by molar-refractivity contribution is 0.202. The maximum Gasteiger partial charge on any atom is 0.0951 e. The standard InChI is InChI=1S/C15H20N4/c1-15(5-2-6-17-10-15)11-19-12-18-9-14(19)13-3-7-16-8-4-13/h3-4,7-9,12,17H,2,5-6,10-11H2,1H3. The van der Waals surface area contributed by atoms with Gasteiger partial charge in [-0.25, -0.2) is 4.98 Å². The van der Waals surface area contributed by atoms with Gasteiger partial charge in [0.2, 0.25) is 0 Å². The van der Waals surface area contributed by atoms with Crippen LogP contribution < -0.4 is 5.32 Å². The Labute approximate surface area is 113 Å². The van der Waals surface area contributed by atoms with Gasteiger partial charge in [-0.2, -0.15) is 0 Å². The molecular formula is C15H20N4. The predicted molar refractivity (Wildman–Crippen MR) is 75.7 cm³/mol. The van der Waals surface area contributed by atoms with Gasteiger partial charge in [-0.1, -0.05) is 6.92 Å². The second-order valence-corrected chi connectivity index (χ2v) is 5.73. The monoisotopic (exact) mass is 256 g/mol. The zero-order chi connectivity index (χ0) is 13.1. The zero-order valence-electron chi connectivity index (χ0n) is 11.3. The summed E-state index contributed by atoms with van der Waals surface area (Å²) in [5.74, 6) is 0. The molecule has 1 saturated heterocycles. The van der Waals surface area contributed by atoms with Crippen LogP contribution in [-0.2, 0) is 6.54 Å². The minimum Gasteiger partial charge on any atom is -0.330 e. The van der Waals surface area contributed by atoms with E-state index in [0.717, 1.165) is 19.6 Å². The Kier molecular flexibility index (Phi) is 3.34. The third kappa shape index (κ3) is 2.68. The molecular weight excluding hydrogens is 236 g/mol. The van der Waals surface area contributed by atoms with Gasteiger partial charge in [0, 0.05) is 31.0 Å². The molecule has 1 aliphatic heterocycles. The van der Waals surface area contributed by atoms with Crippen LogP contribution in [0.15, 0.2) is 37.1 Å². The van der Waals surface area contributed by atoms with Crippen LogP contribution in [0, 0.1) is 5.41 Å². The minimum absolute atomic E-state index is 0.320. The van der Waals surface area contributed by atoms with E-state index in [-0.39, 0.29) is 0 Å². The smallest absolute Gasteiger partial charge is 0.0951 e. The number of pyridine rings is 1. The van der Waals surface area contributed by atoms with Crippen molar-refractivity contribution in [1.82, 2.24) is 19.9 Å². The summed E-state index contributed by atoms with van der Waals surface area (Å²) in [6, 6.07) is 4.07. The first-order valence-electron chi connectivity index (χ1n) is 6.88. The molecule has 0 aromatic carbocycles. The van der Waals surface area contributed by atoms with Crippen LogP contribution in [-0.4, -0.2) is 27.6 Å². The highest BCUT2D eigenvalue weighted by molar-refractivity contribution is 5.57. The molecule has 3 rings (SSSR count). The van der Waals surface area contributed by atoms with Crippen molar-refractivity contribution in [2.45, 2.75) is 26.3 Å². The molecule has 1 unspecified atom stereocenters. The number of hydrogen-bond acceptors (Lipinski definition) is 3. The molecule has 0 saturated carbocycles. The van der Waals surface area contributed by atoms with Gasteiger partial charge < -0.3 is 9.88 Å². The first-order valence-corrected chi connectivity index (χ1v) is 6.88. The van der Waals surface area contributed by atoms with E-state index in [9.17, 15) is 0 Å². The van der Waals surface area contributed by atoms with Gasteiger partial charge in [0.15, 0.2) is 0 Å². The van der Waals surface area contributed by atoms with E-state index in [2.05, 4.69) is 26.8 Å². The maximum atomic E-state index is 4.32. The normalized spacial score (nSPS) is 23.4. The van der Waals surface area contributed by atoms with Crippen molar-refractivity contribution < 1.29 is 0 Å². The Bertz CT molecular complexity index is 526. The van der Waals surface area contributed by atoms with Gasteiger partial charge in [-0.15, -0.1) is 0 Å². The molecule has 0 aliphatic carbocycles. The largest absolute Gasteiger partial charge is 0.330 e. The molecule has 0 spiro atoms. The fourth-order valence-electron chi connectivity index (χ4n) is 2.87. The molecule has 1 aliphatic rings. The Morgan fingerprint density at radius 3 is 2.89 bits per heavy atom. The maximum absolute atomic E-state index is 4.32. The highest BCUT2D eigenvalue weighted by Gasteiger charge is 2.27. The molecule has 4 nitrogen and oxygen atoms in total. The molecule has 2 aromatic heterocycles. The van der Waals surface area contributed by atoms with Crippen LogP contribution in [0.5, 0.6) is 0 Å². The minimum atomic E-state index is 0.320. The van der Waals surface area contributed by atoms with Crippen LogP contribution >= 0.6 is 0 Å². The molecule has 3 heterocycles. The van der Waals surface area contributed by atoms with E-state index in [1.807, 2.05) is 37.1 Å². The van der Waals surface area contributed by atoms with E-state index in [1.165, 1.54) is 24.1 Å². The van der Waals surface area contributed by atoms with Gasteiger partial charge in [0.05, 0.1) is 18.2 Å². The van der Waals surface area contributed by atoms with E-state index >= 15 is 0 Å². The SMILES string of the molecule is CC1(Cn2cncc2-c2ccncc2)CCCNC1. The highest BCUT2D eigenvalue weighted by atomic mass is 15.1. The summed E-state index contributed by atoms with van der Waals surface area (Å²) in [6.07, 6.45) is 10.1. The van der Waals surface area contributed by atoms with E-state index in [4.69, 9.17) is 0 Å². The van der Waals surface area contributed by atoms with Crippen molar-refractivity contribution in [2.75, 3.05) is 13.1 Å². The number of nitrogens with zero attached hydrogens (tertiary/aromatic N) is 3. The molecule has 2 aromatic rings. The van der Waals surface area contributed by atoms with Crippen molar-refractivity contribution in [2.24, 2.45) is 5.41 Å². The van der Waals surface area contributed by atoms with Crippen LogP contribution in [0.25, 0.3) is 11.3 Å². The number of imidazole rings is 1. The summed E-state index contributed by atoms with van der Waals surface area (Å²) in [5.41, 5.74) is 2.68. The Morgan fingerprint density at radius 2 is 2.16 bits per heavy atom. The van der Waals surface area contributed by atoms with Gasteiger partial charge in [0.1, 0.15) is 0 Å². The lowest BCUT2D eigenvalue weighted by atomic mass is 9.82. The van der Waals surface area contributed by atoms with Crippen molar-refractivity contribution in [3.05, 3.63) is 37.1 Å². The van der Waals surface area contributed by atoms with E-state index in [0.29, 0.717) is 5.41 Å². The lowest BCUT2D eigenvalue weighted by Gasteiger charge is -2.34. The Hall–Kier alpha value is -1.68. The summed E-state index contributed by atoms with van der Waals surface area (Å²) >= 11 is 0. The highest BCUT2D eigenvalue weighted by Crippen LogP contribution is 2.29. The first-order chi connectivity index (χ1) is 9.27. The molecule has 1 atom stereocenters. The summed E-state index contributed by atoms with van der Waals surface area (Å²) in [5, 5.41) is 3.50. The van der Waals surface area contributed by atoms with E-state index < -0.39 is 0 Å². The second kappa shape index (κ2) is 5.13. The molecule has 4 heteroatoms. The molecule has 19 heavy (non-hydrogen) atoms. The van der Waals surface area contributed by atoms with Gasteiger partial charge in [-0.05, 0) is 36.9 Å². The van der Waals surface area contributed by atoms with Crippen molar-refractivity contribution >= 4 is 0 Å². The van der Waals surface area contributed by atoms with E-state index in [1.54, 1.807) is 0 Å². The average molecular weight is 256 g/mol. The van der Waals surface area contributed by atoms with Crippen molar-refractivity contribution in [3.63, 3.8) is 0 Å². The summed E-state index contributed by atoms with van der Waals surface area (Å²) in [7, 11) is 0. The molecule has 1 N–H and O–H groups in total. The second-order valence-electron chi connectivity index (χ2n) is 5.73. The van der Waals surface area contributed by atoms with Crippen LogP contribution in [0.3, 0.4) is 0 Å². The van der Waals surface area contributed by atoms with Crippen molar-refractivity contribution in [1.29, 1.82) is 0 Å². The third-order valence-corrected chi connectivity index (χ3v) is 3.93. The van der Waals surface area contributed by atoms with Crippen LogP contribution in [0.1, 0.15) is 19.8 Å². The van der Waals surface area contributed by atoms with Gasteiger partial charge in [0.25, 0.3) is 0 Å². The molecule has 0 radical (unpaired) electrons. The molecule has 100 valence electrons. The lowest BCUT2D eigenvalue weighted by Crippen LogP contribution is -2.40.